The molecule has 4 rings (SSSR count). The van der Waals surface area contributed by atoms with E-state index in [0.717, 1.165) is 12.8 Å². The second-order valence-electron chi connectivity index (χ2n) is 9.02. The summed E-state index contributed by atoms with van der Waals surface area (Å²) in [7, 11) is 0. The second kappa shape index (κ2) is 11.9. The zero-order valence-corrected chi connectivity index (χ0v) is 20.9. The summed E-state index contributed by atoms with van der Waals surface area (Å²) in [4.78, 5) is 28.1. The zero-order chi connectivity index (χ0) is 25.7. The van der Waals surface area contributed by atoms with Crippen LogP contribution < -0.4 is 15.0 Å². The molecule has 0 spiro atoms. The number of β-amino-alcohol motifs (C(OH)–C–C–N with tert-alkyl or cyclic N) is 1. The van der Waals surface area contributed by atoms with Gasteiger partial charge in [-0.2, -0.15) is 0 Å². The maximum atomic E-state index is 14.0. The Bertz CT molecular complexity index is 1060. The van der Waals surface area contributed by atoms with E-state index < -0.39 is 17.9 Å². The topological polar surface area (TPSA) is 91.3 Å². The quantitative estimate of drug-likeness (QED) is 0.518. The Morgan fingerprint density at radius 3 is 2.56 bits per heavy atom. The van der Waals surface area contributed by atoms with Crippen molar-refractivity contribution in [1.82, 2.24) is 10.2 Å². The van der Waals surface area contributed by atoms with Crippen LogP contribution in [0.15, 0.2) is 42.5 Å². The molecule has 0 radical (unpaired) electrons. The van der Waals surface area contributed by atoms with Crippen molar-refractivity contribution in [2.24, 2.45) is 0 Å². The van der Waals surface area contributed by atoms with Gasteiger partial charge in [0, 0.05) is 48.9 Å². The van der Waals surface area contributed by atoms with Crippen LogP contribution in [0, 0.1) is 5.82 Å². The molecule has 2 heterocycles. The van der Waals surface area contributed by atoms with E-state index in [2.05, 4.69) is 5.32 Å². The molecule has 2 fully saturated rings. The van der Waals surface area contributed by atoms with E-state index in [1.54, 1.807) is 31.2 Å². The minimum absolute atomic E-state index is 0.0151. The standard InChI is InChI=1S/C26H31ClFN3O5/c1-2-35-25(33)16-36-24-8-7-19(28)13-22(24)31-14-21(23(32)15-31)29-20-9-11-30(12-10-20)26(34)17-3-5-18(27)6-4-17/h3-8,13,20-21,23,29,32H,2,9-12,14-16H2,1H3/t21?,23-/m1/s1. The van der Waals surface area contributed by atoms with Crippen molar-refractivity contribution in [3.63, 3.8) is 0 Å². The molecule has 2 saturated heterocycles. The van der Waals surface area contributed by atoms with Crippen LogP contribution in [0.5, 0.6) is 5.75 Å². The van der Waals surface area contributed by atoms with Crippen molar-refractivity contribution in [3.05, 3.63) is 58.9 Å². The molecule has 36 heavy (non-hydrogen) atoms. The number of esters is 1. The van der Waals surface area contributed by atoms with Gasteiger partial charge in [0.1, 0.15) is 11.6 Å². The molecule has 0 aromatic heterocycles. The Kier molecular flexibility index (Phi) is 8.66. The van der Waals surface area contributed by atoms with E-state index in [-0.39, 0.29) is 31.2 Å². The lowest BCUT2D eigenvalue weighted by molar-refractivity contribution is -0.145. The molecule has 8 nitrogen and oxygen atoms in total. The number of hydrogen-bond donors (Lipinski definition) is 2. The number of aliphatic hydroxyl groups excluding tert-OH is 1. The summed E-state index contributed by atoms with van der Waals surface area (Å²) in [6.07, 6.45) is 0.854. The van der Waals surface area contributed by atoms with Crippen LogP contribution in [0.1, 0.15) is 30.1 Å². The van der Waals surface area contributed by atoms with E-state index in [0.29, 0.717) is 48.2 Å². The summed E-state index contributed by atoms with van der Waals surface area (Å²) >= 11 is 5.92. The van der Waals surface area contributed by atoms with E-state index in [1.807, 2.05) is 9.80 Å². The van der Waals surface area contributed by atoms with Gasteiger partial charge in [-0.25, -0.2) is 9.18 Å². The maximum absolute atomic E-state index is 14.0. The third-order valence-electron chi connectivity index (χ3n) is 6.52. The van der Waals surface area contributed by atoms with Gasteiger partial charge in [-0.1, -0.05) is 11.6 Å². The van der Waals surface area contributed by atoms with E-state index in [1.165, 1.54) is 18.2 Å². The highest BCUT2D eigenvalue weighted by Gasteiger charge is 2.35. The lowest BCUT2D eigenvalue weighted by Crippen LogP contribution is -2.50. The van der Waals surface area contributed by atoms with Gasteiger partial charge in [0.05, 0.1) is 24.4 Å². The number of benzene rings is 2. The Hall–Kier alpha value is -2.88. The van der Waals surface area contributed by atoms with Gasteiger partial charge < -0.3 is 29.7 Å². The molecule has 2 aromatic carbocycles. The number of carbonyl (C=O) groups excluding carboxylic acids is 2. The van der Waals surface area contributed by atoms with Crippen LogP contribution in [-0.4, -0.2) is 79.5 Å². The van der Waals surface area contributed by atoms with Crippen LogP contribution >= 0.6 is 11.6 Å². The highest BCUT2D eigenvalue weighted by molar-refractivity contribution is 6.30. The molecule has 0 aliphatic carbocycles. The van der Waals surface area contributed by atoms with Gasteiger partial charge >= 0.3 is 5.97 Å². The number of nitrogens with one attached hydrogen (secondary N) is 1. The minimum Gasteiger partial charge on any atom is -0.480 e. The first-order chi connectivity index (χ1) is 17.3. The summed E-state index contributed by atoms with van der Waals surface area (Å²) in [5, 5.41) is 14.8. The summed E-state index contributed by atoms with van der Waals surface area (Å²) in [5.74, 6) is -0.600. The number of anilines is 1. The number of likely N-dealkylation sites (tertiary alicyclic amines) is 1. The van der Waals surface area contributed by atoms with Gasteiger partial charge in [0.25, 0.3) is 5.91 Å². The molecule has 2 aliphatic rings. The minimum atomic E-state index is -0.667. The third-order valence-corrected chi connectivity index (χ3v) is 6.78. The largest absolute Gasteiger partial charge is 0.480 e. The molecular formula is C26H31ClFN3O5. The first-order valence-corrected chi connectivity index (χ1v) is 12.5. The molecule has 1 unspecified atom stereocenters. The first kappa shape index (κ1) is 26.2. The fraction of sp³-hybridized carbons (Fsp3) is 0.462. The second-order valence-corrected chi connectivity index (χ2v) is 9.46. The fourth-order valence-electron chi connectivity index (χ4n) is 4.67. The summed E-state index contributed by atoms with van der Waals surface area (Å²) < 4.78 is 24.5. The zero-order valence-electron chi connectivity index (χ0n) is 20.2. The average molecular weight is 520 g/mol. The van der Waals surface area contributed by atoms with Crippen LogP contribution in [0.25, 0.3) is 0 Å². The van der Waals surface area contributed by atoms with E-state index in [4.69, 9.17) is 21.1 Å². The monoisotopic (exact) mass is 519 g/mol. The van der Waals surface area contributed by atoms with Crippen LogP contribution in [-0.2, 0) is 9.53 Å². The normalized spacial score (nSPS) is 20.4. The molecule has 2 N–H and O–H groups in total. The number of halogens is 2. The van der Waals surface area contributed by atoms with Crippen molar-refractivity contribution in [3.8, 4) is 5.75 Å². The van der Waals surface area contributed by atoms with Gasteiger partial charge in [0.2, 0.25) is 0 Å². The summed E-state index contributed by atoms with van der Waals surface area (Å²) in [6, 6.07) is 10.9. The molecule has 2 atom stereocenters. The predicted octanol–water partition coefficient (Wildman–Crippen LogP) is 2.86. The number of nitrogens with zero attached hydrogens (tertiary/aromatic N) is 2. The number of aliphatic hydroxyl groups is 1. The van der Waals surface area contributed by atoms with E-state index in [9.17, 15) is 19.1 Å². The lowest BCUT2D eigenvalue weighted by Gasteiger charge is -2.34. The number of rotatable bonds is 8. The van der Waals surface area contributed by atoms with Crippen LogP contribution in [0.3, 0.4) is 0 Å². The summed E-state index contributed by atoms with van der Waals surface area (Å²) in [5.41, 5.74) is 1.09. The van der Waals surface area contributed by atoms with Crippen molar-refractivity contribution in [2.75, 3.05) is 44.3 Å². The van der Waals surface area contributed by atoms with Gasteiger partial charge in [0.15, 0.2) is 6.61 Å². The number of piperidine rings is 1. The van der Waals surface area contributed by atoms with Crippen molar-refractivity contribution in [2.45, 2.75) is 38.0 Å². The molecule has 0 bridgehead atoms. The number of hydrogen-bond acceptors (Lipinski definition) is 7. The van der Waals surface area contributed by atoms with Crippen LogP contribution in [0.2, 0.25) is 5.02 Å². The Balaban J connectivity index is 1.32. The Labute approximate surface area is 214 Å². The summed E-state index contributed by atoms with van der Waals surface area (Å²) in [6.45, 7) is 3.65. The lowest BCUT2D eigenvalue weighted by atomic mass is 10.0. The fourth-order valence-corrected chi connectivity index (χ4v) is 4.80. The molecule has 194 valence electrons. The van der Waals surface area contributed by atoms with Gasteiger partial charge in [-0.15, -0.1) is 0 Å². The molecular weight excluding hydrogens is 489 g/mol. The van der Waals surface area contributed by atoms with Gasteiger partial charge in [-0.3, -0.25) is 4.79 Å². The highest BCUT2D eigenvalue weighted by atomic mass is 35.5. The van der Waals surface area contributed by atoms with Crippen LogP contribution in [0.4, 0.5) is 10.1 Å². The number of ether oxygens (including phenoxy) is 2. The van der Waals surface area contributed by atoms with Crippen molar-refractivity contribution < 1.29 is 28.6 Å². The highest BCUT2D eigenvalue weighted by Crippen LogP contribution is 2.32. The molecule has 0 saturated carbocycles. The van der Waals surface area contributed by atoms with Gasteiger partial charge in [-0.05, 0) is 56.2 Å². The predicted molar refractivity (Wildman–Crippen MR) is 134 cm³/mol. The smallest absolute Gasteiger partial charge is 0.344 e. The van der Waals surface area contributed by atoms with E-state index >= 15 is 0 Å². The number of amides is 1. The first-order valence-electron chi connectivity index (χ1n) is 12.2. The maximum Gasteiger partial charge on any atom is 0.344 e. The molecule has 2 aromatic rings. The van der Waals surface area contributed by atoms with Crippen molar-refractivity contribution >= 4 is 29.2 Å². The average Bonchev–Trinajstić information content (AvgIpc) is 3.23. The third kappa shape index (κ3) is 6.46. The number of carbonyl (C=O) groups is 2. The Morgan fingerprint density at radius 2 is 1.86 bits per heavy atom. The van der Waals surface area contributed by atoms with Crippen molar-refractivity contribution in [1.29, 1.82) is 0 Å². The molecule has 10 heteroatoms. The SMILES string of the molecule is CCOC(=O)COc1ccc(F)cc1N1CC(NC2CCN(C(=O)c3ccc(Cl)cc3)CC2)[C@H](O)C1. The Morgan fingerprint density at radius 1 is 1.14 bits per heavy atom. The molecule has 2 aliphatic heterocycles. The molecule has 1 amide bonds.